The summed E-state index contributed by atoms with van der Waals surface area (Å²) in [5, 5.41) is 6.77. The summed E-state index contributed by atoms with van der Waals surface area (Å²) < 4.78 is 0. The molecule has 0 aromatic carbocycles. The molecule has 0 amide bonds. The molecule has 4 nitrogen and oxygen atoms in total. The average molecular weight is 180 g/mol. The minimum absolute atomic E-state index is 0.100. The SMILES string of the molecule is CC(C)(c1nc(N)n[nH]1)C1CCC1. The highest BCUT2D eigenvalue weighted by Crippen LogP contribution is 2.42. The van der Waals surface area contributed by atoms with Crippen LogP contribution in [0.2, 0.25) is 0 Å². The van der Waals surface area contributed by atoms with Crippen molar-refractivity contribution in [2.75, 3.05) is 5.73 Å². The fourth-order valence-corrected chi connectivity index (χ4v) is 1.89. The molecular weight excluding hydrogens is 164 g/mol. The van der Waals surface area contributed by atoms with Gasteiger partial charge in [-0.05, 0) is 18.8 Å². The van der Waals surface area contributed by atoms with Crippen LogP contribution < -0.4 is 5.73 Å². The first-order chi connectivity index (χ1) is 6.10. The third kappa shape index (κ3) is 1.30. The fourth-order valence-electron chi connectivity index (χ4n) is 1.89. The summed E-state index contributed by atoms with van der Waals surface area (Å²) in [6, 6.07) is 0. The van der Waals surface area contributed by atoms with Crippen molar-refractivity contribution in [3.63, 3.8) is 0 Å². The van der Waals surface area contributed by atoms with Crippen LogP contribution in [0, 0.1) is 5.92 Å². The highest BCUT2D eigenvalue weighted by molar-refractivity contribution is 5.18. The van der Waals surface area contributed by atoms with Gasteiger partial charge < -0.3 is 5.73 Å². The van der Waals surface area contributed by atoms with Crippen LogP contribution in [0.5, 0.6) is 0 Å². The summed E-state index contributed by atoms with van der Waals surface area (Å²) in [6.45, 7) is 4.41. The van der Waals surface area contributed by atoms with E-state index in [4.69, 9.17) is 5.73 Å². The molecule has 0 unspecified atom stereocenters. The Labute approximate surface area is 77.9 Å². The van der Waals surface area contributed by atoms with Crippen molar-refractivity contribution in [2.45, 2.75) is 38.5 Å². The van der Waals surface area contributed by atoms with E-state index >= 15 is 0 Å². The predicted molar refractivity (Wildman–Crippen MR) is 51.2 cm³/mol. The lowest BCUT2D eigenvalue weighted by Gasteiger charge is -2.38. The Bertz CT molecular complexity index is 298. The van der Waals surface area contributed by atoms with E-state index in [0.717, 1.165) is 11.7 Å². The lowest BCUT2D eigenvalue weighted by molar-refractivity contribution is 0.186. The molecule has 4 heteroatoms. The van der Waals surface area contributed by atoms with Gasteiger partial charge in [0.2, 0.25) is 5.95 Å². The van der Waals surface area contributed by atoms with Crippen molar-refractivity contribution in [3.8, 4) is 0 Å². The van der Waals surface area contributed by atoms with E-state index in [9.17, 15) is 0 Å². The number of hydrogen-bond acceptors (Lipinski definition) is 3. The van der Waals surface area contributed by atoms with Gasteiger partial charge in [-0.1, -0.05) is 20.3 Å². The quantitative estimate of drug-likeness (QED) is 0.724. The summed E-state index contributed by atoms with van der Waals surface area (Å²) in [6.07, 6.45) is 3.94. The van der Waals surface area contributed by atoms with Gasteiger partial charge in [-0.3, -0.25) is 5.10 Å². The van der Waals surface area contributed by atoms with E-state index < -0.39 is 0 Å². The molecule has 1 aromatic rings. The molecule has 0 bridgehead atoms. The van der Waals surface area contributed by atoms with Gasteiger partial charge in [0.05, 0.1) is 0 Å². The number of nitrogens with two attached hydrogens (primary N) is 1. The summed E-state index contributed by atoms with van der Waals surface area (Å²) in [4.78, 5) is 4.20. The van der Waals surface area contributed by atoms with Crippen molar-refractivity contribution in [1.29, 1.82) is 0 Å². The molecule has 1 aliphatic rings. The topological polar surface area (TPSA) is 67.6 Å². The van der Waals surface area contributed by atoms with Crippen molar-refractivity contribution in [2.24, 2.45) is 5.92 Å². The van der Waals surface area contributed by atoms with Gasteiger partial charge in [0, 0.05) is 5.41 Å². The zero-order chi connectivity index (χ0) is 9.47. The van der Waals surface area contributed by atoms with Gasteiger partial charge in [0.25, 0.3) is 0 Å². The highest BCUT2D eigenvalue weighted by atomic mass is 15.3. The van der Waals surface area contributed by atoms with Crippen molar-refractivity contribution < 1.29 is 0 Å². The minimum Gasteiger partial charge on any atom is -0.367 e. The molecule has 1 saturated carbocycles. The fraction of sp³-hybridized carbons (Fsp3) is 0.778. The number of nitrogen functional groups attached to an aromatic ring is 1. The third-order valence-electron chi connectivity index (χ3n) is 3.24. The van der Waals surface area contributed by atoms with Crippen LogP contribution >= 0.6 is 0 Å². The lowest BCUT2D eigenvalue weighted by Crippen LogP contribution is -2.34. The molecule has 3 N–H and O–H groups in total. The molecule has 2 rings (SSSR count). The molecule has 1 aromatic heterocycles. The Morgan fingerprint density at radius 2 is 2.15 bits per heavy atom. The number of nitrogens with one attached hydrogen (secondary N) is 1. The zero-order valence-electron chi connectivity index (χ0n) is 8.17. The standard InChI is InChI=1S/C9H16N4/c1-9(2,6-4-3-5-6)7-11-8(10)13-12-7/h6H,3-5H2,1-2H3,(H3,10,11,12,13). The van der Waals surface area contributed by atoms with Gasteiger partial charge in [0.15, 0.2) is 0 Å². The summed E-state index contributed by atoms with van der Waals surface area (Å²) >= 11 is 0. The van der Waals surface area contributed by atoms with Crippen LogP contribution in [0.25, 0.3) is 0 Å². The number of nitrogens with zero attached hydrogens (tertiary/aromatic N) is 2. The van der Waals surface area contributed by atoms with Crippen LogP contribution in [-0.4, -0.2) is 15.2 Å². The summed E-state index contributed by atoms with van der Waals surface area (Å²) in [7, 11) is 0. The molecule has 1 heterocycles. The van der Waals surface area contributed by atoms with Gasteiger partial charge in [-0.2, -0.15) is 4.98 Å². The van der Waals surface area contributed by atoms with Crippen molar-refractivity contribution >= 4 is 5.95 Å². The van der Waals surface area contributed by atoms with Crippen LogP contribution in [0.3, 0.4) is 0 Å². The molecule has 0 radical (unpaired) electrons. The maximum Gasteiger partial charge on any atom is 0.239 e. The molecule has 0 saturated heterocycles. The Hall–Kier alpha value is -1.06. The number of aromatic amines is 1. The number of H-pyrrole nitrogens is 1. The largest absolute Gasteiger partial charge is 0.367 e. The average Bonchev–Trinajstić information content (AvgIpc) is 2.30. The molecular formula is C9H16N4. The van der Waals surface area contributed by atoms with Crippen LogP contribution in [0.4, 0.5) is 5.95 Å². The Balaban J connectivity index is 2.22. The zero-order valence-corrected chi connectivity index (χ0v) is 8.17. The van der Waals surface area contributed by atoms with E-state index in [0.29, 0.717) is 5.95 Å². The van der Waals surface area contributed by atoms with Gasteiger partial charge >= 0.3 is 0 Å². The van der Waals surface area contributed by atoms with E-state index in [1.807, 2.05) is 0 Å². The number of anilines is 1. The Kier molecular flexibility index (Phi) is 1.78. The van der Waals surface area contributed by atoms with Gasteiger partial charge in [-0.25, -0.2) is 0 Å². The molecule has 0 spiro atoms. The number of rotatable bonds is 2. The second-order valence-corrected chi connectivity index (χ2v) is 4.39. The van der Waals surface area contributed by atoms with E-state index in [2.05, 4.69) is 29.0 Å². The molecule has 1 aliphatic carbocycles. The third-order valence-corrected chi connectivity index (χ3v) is 3.24. The van der Waals surface area contributed by atoms with E-state index in [1.54, 1.807) is 0 Å². The second-order valence-electron chi connectivity index (χ2n) is 4.39. The van der Waals surface area contributed by atoms with Crippen LogP contribution in [0.1, 0.15) is 38.9 Å². The molecule has 0 atom stereocenters. The minimum atomic E-state index is 0.100. The first kappa shape index (κ1) is 8.53. The van der Waals surface area contributed by atoms with Crippen LogP contribution in [0.15, 0.2) is 0 Å². The smallest absolute Gasteiger partial charge is 0.239 e. The highest BCUT2D eigenvalue weighted by Gasteiger charge is 2.37. The maximum absolute atomic E-state index is 5.48. The van der Waals surface area contributed by atoms with Gasteiger partial charge in [-0.15, -0.1) is 5.10 Å². The first-order valence-corrected chi connectivity index (χ1v) is 4.79. The van der Waals surface area contributed by atoms with Crippen LogP contribution in [-0.2, 0) is 5.41 Å². The Morgan fingerprint density at radius 3 is 2.54 bits per heavy atom. The molecule has 13 heavy (non-hydrogen) atoms. The predicted octanol–water partition coefficient (Wildman–Crippen LogP) is 1.46. The van der Waals surface area contributed by atoms with E-state index in [1.165, 1.54) is 19.3 Å². The van der Waals surface area contributed by atoms with Crippen molar-refractivity contribution in [3.05, 3.63) is 5.82 Å². The number of aromatic nitrogens is 3. The normalized spacial score (nSPS) is 18.6. The molecule has 72 valence electrons. The maximum atomic E-state index is 5.48. The van der Waals surface area contributed by atoms with Crippen molar-refractivity contribution in [1.82, 2.24) is 15.2 Å². The Morgan fingerprint density at radius 1 is 1.46 bits per heavy atom. The van der Waals surface area contributed by atoms with Gasteiger partial charge in [0.1, 0.15) is 5.82 Å². The number of hydrogen-bond donors (Lipinski definition) is 2. The molecule has 0 aliphatic heterocycles. The first-order valence-electron chi connectivity index (χ1n) is 4.79. The lowest BCUT2D eigenvalue weighted by atomic mass is 9.67. The summed E-state index contributed by atoms with van der Waals surface area (Å²) in [5.41, 5.74) is 5.58. The second kappa shape index (κ2) is 2.72. The summed E-state index contributed by atoms with van der Waals surface area (Å²) in [5.74, 6) is 2.01. The monoisotopic (exact) mass is 180 g/mol. The molecule has 1 fully saturated rings. The van der Waals surface area contributed by atoms with E-state index in [-0.39, 0.29) is 5.41 Å².